The number of ether oxygens (including phenoxy) is 4. The van der Waals surface area contributed by atoms with Gasteiger partial charge in [-0.2, -0.15) is 10.4 Å². The monoisotopic (exact) mass is 396 g/mol. The summed E-state index contributed by atoms with van der Waals surface area (Å²) in [7, 11) is 0. The lowest BCUT2D eigenvalue weighted by Crippen LogP contribution is -2.40. The highest BCUT2D eigenvalue weighted by molar-refractivity contribution is 5.68. The second-order valence-corrected chi connectivity index (χ2v) is 5.73. The normalized spacial score (nSPS) is 23.5. The summed E-state index contributed by atoms with van der Waals surface area (Å²) in [5.41, 5.74) is -1.07. The van der Waals surface area contributed by atoms with Gasteiger partial charge in [-0.05, 0) is 0 Å². The fourth-order valence-electron chi connectivity index (χ4n) is 2.63. The summed E-state index contributed by atoms with van der Waals surface area (Å²) < 4.78 is 21.8. The molecule has 1 aromatic heterocycles. The third-order valence-corrected chi connectivity index (χ3v) is 3.62. The van der Waals surface area contributed by atoms with Gasteiger partial charge in [0.15, 0.2) is 18.4 Å². The molecule has 0 radical (unpaired) electrons. The topological polar surface area (TPSA) is 173 Å². The molecular weight excluding hydrogens is 380 g/mol. The Bertz CT molecular complexity index is 843. The fraction of sp³-hybridized carbons (Fsp3) is 0.533. The molecule has 28 heavy (non-hydrogen) atoms. The van der Waals surface area contributed by atoms with E-state index >= 15 is 0 Å². The van der Waals surface area contributed by atoms with Gasteiger partial charge in [-0.15, -0.1) is 0 Å². The van der Waals surface area contributed by atoms with Crippen molar-refractivity contribution in [3.8, 4) is 6.07 Å². The molecule has 13 heteroatoms. The summed E-state index contributed by atoms with van der Waals surface area (Å²) in [6, 6.07) is 1.58. The van der Waals surface area contributed by atoms with Gasteiger partial charge in [-0.1, -0.05) is 0 Å². The van der Waals surface area contributed by atoms with Gasteiger partial charge in [0.1, 0.15) is 25.0 Å². The van der Waals surface area contributed by atoms with Gasteiger partial charge in [0.2, 0.25) is 5.69 Å². The van der Waals surface area contributed by atoms with E-state index in [-0.39, 0.29) is 6.61 Å². The van der Waals surface area contributed by atoms with E-state index in [0.29, 0.717) is 0 Å². The molecule has 1 aliphatic rings. The molecule has 2 rings (SSSR count). The van der Waals surface area contributed by atoms with Gasteiger partial charge in [0, 0.05) is 20.8 Å². The zero-order valence-electron chi connectivity index (χ0n) is 15.1. The van der Waals surface area contributed by atoms with E-state index in [0.717, 1.165) is 31.6 Å². The number of esters is 3. The minimum Gasteiger partial charge on any atom is -0.463 e. The molecule has 1 aliphatic heterocycles. The smallest absolute Gasteiger partial charge is 0.325 e. The van der Waals surface area contributed by atoms with Crippen LogP contribution in [0.1, 0.15) is 32.7 Å². The van der Waals surface area contributed by atoms with Crippen LogP contribution in [-0.2, 0) is 33.3 Å². The Kier molecular flexibility index (Phi) is 6.26. The van der Waals surface area contributed by atoms with Crippen molar-refractivity contribution >= 4 is 23.6 Å². The SMILES string of the molecule is CC(=O)OC[C@H]1O[C@@H](n2cc([N+](=O)[O-])c(C#N)n2)[C@H](OC(C)=O)[C@@H]1OC(C)=O. The van der Waals surface area contributed by atoms with Crippen LogP contribution in [0.4, 0.5) is 5.69 Å². The Morgan fingerprint density at radius 2 is 1.86 bits per heavy atom. The van der Waals surface area contributed by atoms with Gasteiger partial charge >= 0.3 is 23.6 Å². The van der Waals surface area contributed by atoms with Crippen LogP contribution in [0.25, 0.3) is 0 Å². The molecule has 4 atom stereocenters. The highest BCUT2D eigenvalue weighted by atomic mass is 16.7. The molecule has 150 valence electrons. The van der Waals surface area contributed by atoms with E-state index in [4.69, 9.17) is 24.2 Å². The first kappa shape index (κ1) is 20.8. The van der Waals surface area contributed by atoms with E-state index in [1.807, 2.05) is 0 Å². The largest absolute Gasteiger partial charge is 0.463 e. The lowest BCUT2D eigenvalue weighted by atomic mass is 10.1. The number of aromatic nitrogens is 2. The second-order valence-electron chi connectivity index (χ2n) is 5.73. The average Bonchev–Trinajstić information content (AvgIpc) is 3.15. The fourth-order valence-corrected chi connectivity index (χ4v) is 2.63. The van der Waals surface area contributed by atoms with E-state index < -0.39 is 58.8 Å². The molecule has 0 unspecified atom stereocenters. The maximum absolute atomic E-state index is 11.5. The second kappa shape index (κ2) is 8.44. The molecule has 13 nitrogen and oxygen atoms in total. The van der Waals surface area contributed by atoms with Gasteiger partial charge in [-0.25, -0.2) is 4.68 Å². The van der Waals surface area contributed by atoms with Crippen molar-refractivity contribution < 1.29 is 38.3 Å². The summed E-state index contributed by atoms with van der Waals surface area (Å²) in [5.74, 6) is -2.09. The lowest BCUT2D eigenvalue weighted by molar-refractivity contribution is -0.385. The Labute approximate surface area is 157 Å². The predicted molar refractivity (Wildman–Crippen MR) is 85.2 cm³/mol. The van der Waals surface area contributed by atoms with Crippen molar-refractivity contribution in [2.24, 2.45) is 0 Å². The lowest BCUT2D eigenvalue weighted by Gasteiger charge is -2.23. The van der Waals surface area contributed by atoms with Crippen LogP contribution in [0.2, 0.25) is 0 Å². The standard InChI is InChI=1S/C15H16N4O9/c1-7(20)25-6-12-13(26-8(2)21)14(27-9(3)22)15(28-12)18-5-11(19(23)24)10(4-16)17-18/h5,12-15H,6H2,1-3H3/t12-,13-,14-,15-/m1/s1. The minimum atomic E-state index is -1.27. The quantitative estimate of drug-likeness (QED) is 0.274. The van der Waals surface area contributed by atoms with Crippen LogP contribution in [0, 0.1) is 21.4 Å². The molecule has 0 spiro atoms. The van der Waals surface area contributed by atoms with Crippen molar-refractivity contribution in [3.63, 3.8) is 0 Å². The number of nitriles is 1. The maximum Gasteiger partial charge on any atom is 0.325 e. The summed E-state index contributed by atoms with van der Waals surface area (Å²) in [5, 5.41) is 23.9. The first-order valence-electron chi connectivity index (χ1n) is 7.91. The first-order chi connectivity index (χ1) is 13.1. The summed E-state index contributed by atoms with van der Waals surface area (Å²) in [6.07, 6.45) is -3.82. The third kappa shape index (κ3) is 4.60. The molecule has 0 saturated carbocycles. The van der Waals surface area contributed by atoms with Crippen molar-refractivity contribution in [1.29, 1.82) is 5.26 Å². The molecule has 1 fully saturated rings. The molecule has 0 aliphatic carbocycles. The zero-order valence-corrected chi connectivity index (χ0v) is 15.1. The van der Waals surface area contributed by atoms with Crippen molar-refractivity contribution in [3.05, 3.63) is 22.0 Å². The average molecular weight is 396 g/mol. The Hall–Kier alpha value is -3.53. The molecule has 1 saturated heterocycles. The van der Waals surface area contributed by atoms with E-state index in [9.17, 15) is 24.5 Å². The van der Waals surface area contributed by atoms with Crippen molar-refractivity contribution in [2.45, 2.75) is 45.3 Å². The van der Waals surface area contributed by atoms with E-state index in [1.165, 1.54) is 0 Å². The molecule has 0 bridgehead atoms. The van der Waals surface area contributed by atoms with Crippen LogP contribution < -0.4 is 0 Å². The number of hydrogen-bond donors (Lipinski definition) is 0. The number of carbonyl (C=O) groups excluding carboxylic acids is 3. The third-order valence-electron chi connectivity index (χ3n) is 3.62. The van der Waals surface area contributed by atoms with Crippen molar-refractivity contribution in [2.75, 3.05) is 6.61 Å². The van der Waals surface area contributed by atoms with Gasteiger partial charge in [-0.3, -0.25) is 24.5 Å². The van der Waals surface area contributed by atoms with Crippen molar-refractivity contribution in [1.82, 2.24) is 9.78 Å². The molecule has 0 N–H and O–H groups in total. The van der Waals surface area contributed by atoms with Crippen LogP contribution in [0.5, 0.6) is 0 Å². The van der Waals surface area contributed by atoms with Crippen LogP contribution >= 0.6 is 0 Å². The molecule has 0 amide bonds. The number of hydrogen-bond acceptors (Lipinski definition) is 11. The molecule has 2 heterocycles. The van der Waals surface area contributed by atoms with Gasteiger partial charge in [0.05, 0.1) is 4.92 Å². The maximum atomic E-state index is 11.5. The molecular formula is C15H16N4O9. The summed E-state index contributed by atoms with van der Waals surface area (Å²) >= 11 is 0. The minimum absolute atomic E-state index is 0.337. The zero-order chi connectivity index (χ0) is 21.0. The highest BCUT2D eigenvalue weighted by Gasteiger charge is 2.51. The highest BCUT2D eigenvalue weighted by Crippen LogP contribution is 2.35. The Morgan fingerprint density at radius 1 is 1.25 bits per heavy atom. The van der Waals surface area contributed by atoms with Crippen LogP contribution in [0.3, 0.4) is 0 Å². The summed E-state index contributed by atoms with van der Waals surface area (Å²) in [4.78, 5) is 44.4. The number of rotatable bonds is 6. The summed E-state index contributed by atoms with van der Waals surface area (Å²) in [6.45, 7) is 3.05. The van der Waals surface area contributed by atoms with Gasteiger partial charge in [0.25, 0.3) is 0 Å². The first-order valence-corrected chi connectivity index (χ1v) is 7.91. The number of nitro groups is 1. The van der Waals surface area contributed by atoms with Crippen LogP contribution in [0.15, 0.2) is 6.20 Å². The Morgan fingerprint density at radius 3 is 2.32 bits per heavy atom. The van der Waals surface area contributed by atoms with E-state index in [2.05, 4.69) is 5.10 Å². The predicted octanol–water partition coefficient (Wildman–Crippen LogP) is -0.0131. The number of carbonyl (C=O) groups is 3. The Balaban J connectivity index is 2.43. The molecule has 0 aromatic carbocycles. The van der Waals surface area contributed by atoms with E-state index in [1.54, 1.807) is 6.07 Å². The molecule has 1 aromatic rings. The number of nitrogens with zero attached hydrogens (tertiary/aromatic N) is 4. The van der Waals surface area contributed by atoms with Gasteiger partial charge < -0.3 is 18.9 Å². The van der Waals surface area contributed by atoms with Crippen LogP contribution in [-0.4, -0.2) is 57.5 Å².